The Kier molecular flexibility index (Phi) is 4.44. The Morgan fingerprint density at radius 2 is 1.59 bits per heavy atom. The van der Waals surface area contributed by atoms with E-state index >= 15 is 0 Å². The largest absolute Gasteiger partial charge is 0.368 e. The van der Waals surface area contributed by atoms with Gasteiger partial charge in [-0.1, -0.05) is 36.4 Å². The molecule has 2 aliphatic heterocycles. The number of nitrogens with zero attached hydrogens (tertiary/aromatic N) is 2. The van der Waals surface area contributed by atoms with Crippen molar-refractivity contribution in [2.45, 2.75) is 10.6 Å². The van der Waals surface area contributed by atoms with Gasteiger partial charge in [-0.15, -0.1) is 11.3 Å². The Balaban J connectivity index is 1.38. The third-order valence-corrected chi connectivity index (χ3v) is 8.44. The van der Waals surface area contributed by atoms with E-state index in [0.29, 0.717) is 28.4 Å². The van der Waals surface area contributed by atoms with Crippen molar-refractivity contribution in [1.82, 2.24) is 4.90 Å². The van der Waals surface area contributed by atoms with Crippen molar-refractivity contribution in [1.29, 1.82) is 0 Å². The highest BCUT2D eigenvalue weighted by Gasteiger charge is 2.32. The molecule has 3 aromatic rings. The number of carbonyl (C=O) groups is 1. The highest BCUT2D eigenvalue weighted by Crippen LogP contribution is 2.42. The molecule has 1 fully saturated rings. The van der Waals surface area contributed by atoms with Crippen LogP contribution in [0.2, 0.25) is 0 Å². The quantitative estimate of drug-likeness (QED) is 0.630. The molecule has 2 aromatic carbocycles. The number of para-hydroxylation sites is 1. The van der Waals surface area contributed by atoms with Gasteiger partial charge in [0.25, 0.3) is 5.91 Å². The second-order valence-electron chi connectivity index (χ2n) is 7.34. The monoisotopic (exact) mass is 424 g/mol. The average molecular weight is 425 g/mol. The molecule has 1 saturated heterocycles. The second kappa shape index (κ2) is 7.00. The molecule has 2 aliphatic rings. The standard InChI is InChI=1S/C22H20N2O3S2/c25-22(24-12-10-23(11-13-24)17-6-2-1-3-7-17)19-14-16-15-29(26,27)20-9-5-4-8-18(20)21(16)28-19/h1-9,14H,10-13,15H2. The van der Waals surface area contributed by atoms with Crippen LogP contribution in [0.1, 0.15) is 15.2 Å². The van der Waals surface area contributed by atoms with Gasteiger partial charge in [-0.3, -0.25) is 4.79 Å². The lowest BCUT2D eigenvalue weighted by Crippen LogP contribution is -2.48. The lowest BCUT2D eigenvalue weighted by molar-refractivity contribution is 0.0751. The number of amides is 1. The van der Waals surface area contributed by atoms with Crippen LogP contribution < -0.4 is 4.90 Å². The van der Waals surface area contributed by atoms with Crippen LogP contribution in [0.5, 0.6) is 0 Å². The van der Waals surface area contributed by atoms with Gasteiger partial charge >= 0.3 is 0 Å². The van der Waals surface area contributed by atoms with E-state index in [0.717, 1.165) is 23.5 Å². The van der Waals surface area contributed by atoms with Crippen LogP contribution in [0.4, 0.5) is 5.69 Å². The van der Waals surface area contributed by atoms with Crippen LogP contribution in [0.15, 0.2) is 65.6 Å². The second-order valence-corrected chi connectivity index (χ2v) is 10.3. The summed E-state index contributed by atoms with van der Waals surface area (Å²) in [5.74, 6) is -0.0442. The molecule has 0 atom stereocenters. The Labute approximate surface area is 174 Å². The summed E-state index contributed by atoms with van der Waals surface area (Å²) in [5, 5.41) is 0. The molecule has 0 radical (unpaired) electrons. The fourth-order valence-electron chi connectivity index (χ4n) is 4.04. The van der Waals surface area contributed by atoms with E-state index in [9.17, 15) is 13.2 Å². The van der Waals surface area contributed by atoms with Gasteiger partial charge in [0, 0.05) is 42.3 Å². The molecule has 7 heteroatoms. The van der Waals surface area contributed by atoms with Gasteiger partial charge in [-0.2, -0.15) is 0 Å². The minimum atomic E-state index is -3.36. The Morgan fingerprint density at radius 1 is 0.897 bits per heavy atom. The van der Waals surface area contributed by atoms with Crippen molar-refractivity contribution in [2.24, 2.45) is 0 Å². The highest BCUT2D eigenvalue weighted by molar-refractivity contribution is 7.91. The van der Waals surface area contributed by atoms with E-state index < -0.39 is 9.84 Å². The first-order valence-corrected chi connectivity index (χ1v) is 12.0. The van der Waals surface area contributed by atoms with Crippen molar-refractivity contribution in [2.75, 3.05) is 31.1 Å². The first-order valence-electron chi connectivity index (χ1n) is 9.57. The van der Waals surface area contributed by atoms with Crippen molar-refractivity contribution in [3.63, 3.8) is 0 Å². The van der Waals surface area contributed by atoms with Crippen LogP contribution in [0.3, 0.4) is 0 Å². The van der Waals surface area contributed by atoms with Gasteiger partial charge in [-0.05, 0) is 29.8 Å². The predicted octanol–water partition coefficient (Wildman–Crippen LogP) is 3.66. The normalized spacial score (nSPS) is 17.5. The van der Waals surface area contributed by atoms with Crippen molar-refractivity contribution >= 4 is 32.8 Å². The zero-order valence-corrected chi connectivity index (χ0v) is 17.4. The minimum Gasteiger partial charge on any atom is -0.368 e. The van der Waals surface area contributed by atoms with Gasteiger partial charge < -0.3 is 9.80 Å². The number of hydrogen-bond acceptors (Lipinski definition) is 5. The zero-order chi connectivity index (χ0) is 20.0. The van der Waals surface area contributed by atoms with Crippen LogP contribution >= 0.6 is 11.3 Å². The fourth-order valence-corrected chi connectivity index (χ4v) is 6.97. The summed E-state index contributed by atoms with van der Waals surface area (Å²) in [6, 6.07) is 19.1. The number of anilines is 1. The number of thiophene rings is 1. The number of carbonyl (C=O) groups excluding carboxylic acids is 1. The summed E-state index contributed by atoms with van der Waals surface area (Å²) in [7, 11) is -3.36. The van der Waals surface area contributed by atoms with E-state index in [1.165, 1.54) is 17.0 Å². The zero-order valence-electron chi connectivity index (χ0n) is 15.7. The summed E-state index contributed by atoms with van der Waals surface area (Å²) in [6.45, 7) is 2.90. The third-order valence-electron chi connectivity index (χ3n) is 5.52. The third kappa shape index (κ3) is 3.24. The molecule has 3 heterocycles. The lowest BCUT2D eigenvalue weighted by atomic mass is 10.1. The molecule has 0 saturated carbocycles. The predicted molar refractivity (Wildman–Crippen MR) is 115 cm³/mol. The maximum atomic E-state index is 13.1. The molecular weight excluding hydrogens is 404 g/mol. The summed E-state index contributed by atoms with van der Waals surface area (Å²) in [5.41, 5.74) is 2.62. The number of sulfone groups is 1. The number of hydrogen-bond donors (Lipinski definition) is 0. The molecule has 1 amide bonds. The van der Waals surface area contributed by atoms with Crippen LogP contribution in [-0.2, 0) is 15.6 Å². The molecule has 5 nitrogen and oxygen atoms in total. The smallest absolute Gasteiger partial charge is 0.264 e. The summed E-state index contributed by atoms with van der Waals surface area (Å²) < 4.78 is 25.2. The van der Waals surface area contributed by atoms with Gasteiger partial charge in [0.05, 0.1) is 15.5 Å². The summed E-state index contributed by atoms with van der Waals surface area (Å²) in [4.78, 5) is 19.1. The minimum absolute atomic E-state index is 0.00742. The number of fused-ring (bicyclic) bond motifs is 3. The summed E-state index contributed by atoms with van der Waals surface area (Å²) >= 11 is 1.41. The number of rotatable bonds is 2. The van der Waals surface area contributed by atoms with E-state index in [-0.39, 0.29) is 11.7 Å². The van der Waals surface area contributed by atoms with Crippen molar-refractivity contribution in [3.05, 3.63) is 71.1 Å². The molecule has 29 heavy (non-hydrogen) atoms. The maximum Gasteiger partial charge on any atom is 0.264 e. The number of piperazine rings is 1. The van der Waals surface area contributed by atoms with Crippen LogP contribution in [-0.4, -0.2) is 45.4 Å². The first-order chi connectivity index (χ1) is 14.0. The van der Waals surface area contributed by atoms with Gasteiger partial charge in [0.2, 0.25) is 0 Å². The SMILES string of the molecule is O=C(c1cc2c(s1)-c1ccccc1S(=O)(=O)C2)N1CCN(c2ccccc2)CC1. The summed E-state index contributed by atoms with van der Waals surface area (Å²) in [6.07, 6.45) is 0. The molecular formula is C22H20N2O3S2. The van der Waals surface area contributed by atoms with Gasteiger partial charge in [-0.25, -0.2) is 8.42 Å². The molecule has 0 unspecified atom stereocenters. The van der Waals surface area contributed by atoms with Crippen molar-refractivity contribution < 1.29 is 13.2 Å². The van der Waals surface area contributed by atoms with Gasteiger partial charge in [0.15, 0.2) is 9.84 Å². The first kappa shape index (κ1) is 18.4. The maximum absolute atomic E-state index is 13.1. The topological polar surface area (TPSA) is 57.7 Å². The molecule has 1 aromatic heterocycles. The average Bonchev–Trinajstić information content (AvgIpc) is 3.17. The van der Waals surface area contributed by atoms with E-state index in [1.807, 2.05) is 35.2 Å². The van der Waals surface area contributed by atoms with Crippen molar-refractivity contribution in [3.8, 4) is 10.4 Å². The molecule has 0 N–H and O–H groups in total. The molecule has 5 rings (SSSR count). The van der Waals surface area contributed by atoms with Gasteiger partial charge in [0.1, 0.15) is 0 Å². The molecule has 148 valence electrons. The van der Waals surface area contributed by atoms with E-state index in [4.69, 9.17) is 0 Å². The Hall–Kier alpha value is -2.64. The molecule has 0 bridgehead atoms. The Bertz CT molecular complexity index is 1180. The highest BCUT2D eigenvalue weighted by atomic mass is 32.2. The number of benzene rings is 2. The van der Waals surface area contributed by atoms with Crippen LogP contribution in [0, 0.1) is 0 Å². The van der Waals surface area contributed by atoms with Crippen LogP contribution in [0.25, 0.3) is 10.4 Å². The lowest BCUT2D eigenvalue weighted by Gasteiger charge is -2.36. The van der Waals surface area contributed by atoms with E-state index in [1.54, 1.807) is 18.2 Å². The van der Waals surface area contributed by atoms with E-state index in [2.05, 4.69) is 17.0 Å². The fraction of sp³-hybridized carbons (Fsp3) is 0.227. The molecule has 0 aliphatic carbocycles. The molecule has 0 spiro atoms. The Morgan fingerprint density at radius 3 is 2.34 bits per heavy atom.